The highest BCUT2D eigenvalue weighted by atomic mass is 16.5. The number of methoxy groups -OCH3 is 1. The van der Waals surface area contributed by atoms with Crippen LogP contribution in [0.15, 0.2) is 78.9 Å². The molecule has 1 saturated heterocycles. The zero-order chi connectivity index (χ0) is 23.2. The molecule has 1 atom stereocenters. The number of carbonyl (C=O) groups is 1. The van der Waals surface area contributed by atoms with Gasteiger partial charge in [0.25, 0.3) is 0 Å². The molecule has 0 saturated carbocycles. The van der Waals surface area contributed by atoms with Gasteiger partial charge in [0.15, 0.2) is 0 Å². The summed E-state index contributed by atoms with van der Waals surface area (Å²) in [5, 5.41) is 10.1. The van der Waals surface area contributed by atoms with Crippen LogP contribution in [-0.2, 0) is 0 Å². The number of hydrogen-bond acceptors (Lipinski definition) is 4. The zero-order valence-corrected chi connectivity index (χ0v) is 19.2. The van der Waals surface area contributed by atoms with E-state index in [1.165, 1.54) is 4.90 Å². The second-order valence-corrected chi connectivity index (χ2v) is 8.15. The van der Waals surface area contributed by atoms with E-state index in [1.807, 2.05) is 67.6 Å². The number of amides is 1. The first-order valence-electron chi connectivity index (χ1n) is 11.4. The van der Waals surface area contributed by atoms with Crippen LogP contribution in [-0.4, -0.2) is 55.6 Å². The summed E-state index contributed by atoms with van der Waals surface area (Å²) in [7, 11) is 1.69. The molecule has 3 aromatic carbocycles. The molecule has 0 aliphatic carbocycles. The maximum atomic E-state index is 12.3. The third kappa shape index (κ3) is 4.96. The van der Waals surface area contributed by atoms with Gasteiger partial charge in [0.1, 0.15) is 5.75 Å². The molecule has 0 bridgehead atoms. The molecule has 0 radical (unpaired) electrons. The first kappa shape index (κ1) is 22.7. The molecule has 6 heteroatoms. The third-order valence-electron chi connectivity index (χ3n) is 6.28. The number of benzene rings is 3. The van der Waals surface area contributed by atoms with Crippen LogP contribution < -0.4 is 14.5 Å². The van der Waals surface area contributed by atoms with Crippen molar-refractivity contribution >= 4 is 17.5 Å². The Morgan fingerprint density at radius 2 is 1.52 bits per heavy atom. The standard InChI is InChI=1S/C27H31N3O3/c1-3-26(29-19-17-28(18-20-29)24-11-7-8-12-25(24)33-2)30(27(31)32)23-15-13-22(14-16-23)21-9-5-4-6-10-21/h4-16,26H,3,17-20H2,1-2H3,(H,31,32). The molecule has 4 rings (SSSR count). The van der Waals surface area contributed by atoms with E-state index in [0.29, 0.717) is 12.1 Å². The SMILES string of the molecule is CCC(N1CCN(c2ccccc2OC)CC1)N(C(=O)O)c1ccc(-c2ccccc2)cc1. The zero-order valence-electron chi connectivity index (χ0n) is 19.2. The van der Waals surface area contributed by atoms with Gasteiger partial charge in [-0.15, -0.1) is 0 Å². The first-order chi connectivity index (χ1) is 16.1. The lowest BCUT2D eigenvalue weighted by Crippen LogP contribution is -2.57. The fraction of sp³-hybridized carbons (Fsp3) is 0.296. The summed E-state index contributed by atoms with van der Waals surface area (Å²) in [6.07, 6.45) is -0.437. The lowest BCUT2D eigenvalue weighted by atomic mass is 10.1. The minimum absolute atomic E-state index is 0.218. The number of hydrogen-bond donors (Lipinski definition) is 1. The Hall–Kier alpha value is -3.51. The van der Waals surface area contributed by atoms with Gasteiger partial charge in [-0.3, -0.25) is 9.80 Å². The number of para-hydroxylation sites is 2. The molecule has 0 aromatic heterocycles. The van der Waals surface area contributed by atoms with Gasteiger partial charge in [-0.05, 0) is 41.8 Å². The number of carboxylic acid groups (broad SMARTS) is 1. The fourth-order valence-electron chi connectivity index (χ4n) is 4.61. The number of anilines is 2. The summed E-state index contributed by atoms with van der Waals surface area (Å²) in [4.78, 5) is 18.4. The van der Waals surface area contributed by atoms with Crippen LogP contribution in [0, 0.1) is 0 Å². The molecule has 1 fully saturated rings. The highest BCUT2D eigenvalue weighted by Crippen LogP contribution is 2.30. The molecular weight excluding hydrogens is 414 g/mol. The van der Waals surface area contributed by atoms with Crippen molar-refractivity contribution in [2.24, 2.45) is 0 Å². The first-order valence-corrected chi connectivity index (χ1v) is 11.4. The van der Waals surface area contributed by atoms with E-state index >= 15 is 0 Å². The maximum Gasteiger partial charge on any atom is 0.413 e. The Kier molecular flexibility index (Phi) is 7.15. The molecule has 172 valence electrons. The molecule has 3 aromatic rings. The predicted octanol–water partition coefficient (Wildman–Crippen LogP) is 5.40. The van der Waals surface area contributed by atoms with E-state index in [4.69, 9.17) is 4.74 Å². The highest BCUT2D eigenvalue weighted by Gasteiger charge is 2.31. The van der Waals surface area contributed by atoms with E-state index in [1.54, 1.807) is 7.11 Å². The van der Waals surface area contributed by atoms with Gasteiger partial charge in [-0.25, -0.2) is 4.79 Å². The Bertz CT molecular complexity index is 1050. The van der Waals surface area contributed by atoms with Crippen molar-refractivity contribution in [1.29, 1.82) is 0 Å². The molecule has 1 N–H and O–H groups in total. The summed E-state index contributed by atoms with van der Waals surface area (Å²) in [5.74, 6) is 0.864. The van der Waals surface area contributed by atoms with Gasteiger partial charge >= 0.3 is 6.09 Å². The lowest BCUT2D eigenvalue weighted by molar-refractivity contribution is 0.154. The Morgan fingerprint density at radius 3 is 2.12 bits per heavy atom. The number of ether oxygens (including phenoxy) is 1. The minimum atomic E-state index is -0.929. The van der Waals surface area contributed by atoms with Crippen LogP contribution in [0.4, 0.5) is 16.2 Å². The van der Waals surface area contributed by atoms with Crippen LogP contribution in [0.3, 0.4) is 0 Å². The maximum absolute atomic E-state index is 12.3. The van der Waals surface area contributed by atoms with Crippen molar-refractivity contribution in [1.82, 2.24) is 4.90 Å². The van der Waals surface area contributed by atoms with Crippen LogP contribution in [0.25, 0.3) is 11.1 Å². The Labute approximate surface area is 195 Å². The van der Waals surface area contributed by atoms with Crippen molar-refractivity contribution in [3.05, 3.63) is 78.9 Å². The van der Waals surface area contributed by atoms with Crippen molar-refractivity contribution in [3.63, 3.8) is 0 Å². The molecule has 33 heavy (non-hydrogen) atoms. The lowest BCUT2D eigenvalue weighted by Gasteiger charge is -2.43. The van der Waals surface area contributed by atoms with Gasteiger partial charge in [0, 0.05) is 31.9 Å². The van der Waals surface area contributed by atoms with Gasteiger partial charge in [-0.1, -0.05) is 61.5 Å². The quantitative estimate of drug-likeness (QED) is 0.527. The summed E-state index contributed by atoms with van der Waals surface area (Å²) in [6, 6.07) is 25.9. The van der Waals surface area contributed by atoms with E-state index in [-0.39, 0.29) is 6.17 Å². The summed E-state index contributed by atoms with van der Waals surface area (Å²) >= 11 is 0. The second-order valence-electron chi connectivity index (χ2n) is 8.15. The monoisotopic (exact) mass is 445 g/mol. The van der Waals surface area contributed by atoms with Gasteiger partial charge in [0.05, 0.1) is 19.0 Å². The molecule has 1 heterocycles. The summed E-state index contributed by atoms with van der Waals surface area (Å²) in [6.45, 7) is 5.24. The van der Waals surface area contributed by atoms with E-state index < -0.39 is 6.09 Å². The van der Waals surface area contributed by atoms with Crippen LogP contribution in [0.2, 0.25) is 0 Å². The molecule has 1 unspecified atom stereocenters. The van der Waals surface area contributed by atoms with Crippen LogP contribution in [0.5, 0.6) is 5.75 Å². The summed E-state index contributed by atoms with van der Waals surface area (Å²) < 4.78 is 5.52. The predicted molar refractivity (Wildman–Crippen MR) is 133 cm³/mol. The second kappa shape index (κ2) is 10.4. The van der Waals surface area contributed by atoms with E-state index in [9.17, 15) is 9.90 Å². The van der Waals surface area contributed by atoms with Crippen molar-refractivity contribution < 1.29 is 14.6 Å². The van der Waals surface area contributed by atoms with Crippen molar-refractivity contribution in [2.75, 3.05) is 43.1 Å². The van der Waals surface area contributed by atoms with Crippen LogP contribution >= 0.6 is 0 Å². The Morgan fingerprint density at radius 1 is 0.909 bits per heavy atom. The highest BCUT2D eigenvalue weighted by molar-refractivity contribution is 5.87. The van der Waals surface area contributed by atoms with Crippen molar-refractivity contribution in [2.45, 2.75) is 19.5 Å². The fourth-order valence-corrected chi connectivity index (χ4v) is 4.61. The van der Waals surface area contributed by atoms with E-state index in [0.717, 1.165) is 48.7 Å². The summed E-state index contributed by atoms with van der Waals surface area (Å²) in [5.41, 5.74) is 3.97. The molecule has 1 aliphatic rings. The number of nitrogens with zero attached hydrogens (tertiary/aromatic N) is 3. The van der Waals surface area contributed by atoms with Gasteiger partial charge in [-0.2, -0.15) is 0 Å². The average Bonchev–Trinajstić information content (AvgIpc) is 2.88. The number of rotatable bonds is 7. The average molecular weight is 446 g/mol. The smallest absolute Gasteiger partial charge is 0.413 e. The Balaban J connectivity index is 1.50. The number of piperazine rings is 1. The normalized spacial score (nSPS) is 15.2. The molecule has 1 amide bonds. The van der Waals surface area contributed by atoms with Gasteiger partial charge in [0.2, 0.25) is 0 Å². The molecule has 0 spiro atoms. The van der Waals surface area contributed by atoms with Crippen molar-refractivity contribution in [3.8, 4) is 16.9 Å². The molecule has 6 nitrogen and oxygen atoms in total. The molecule has 1 aliphatic heterocycles. The molecular formula is C27H31N3O3. The van der Waals surface area contributed by atoms with Gasteiger partial charge < -0.3 is 14.7 Å². The largest absolute Gasteiger partial charge is 0.495 e. The van der Waals surface area contributed by atoms with E-state index in [2.05, 4.69) is 28.0 Å². The minimum Gasteiger partial charge on any atom is -0.495 e. The third-order valence-corrected chi connectivity index (χ3v) is 6.28. The van der Waals surface area contributed by atoms with Crippen LogP contribution in [0.1, 0.15) is 13.3 Å². The topological polar surface area (TPSA) is 56.2 Å².